The van der Waals surface area contributed by atoms with Crippen molar-refractivity contribution in [2.45, 2.75) is 0 Å². The van der Waals surface area contributed by atoms with Gasteiger partial charge in [0.05, 0.1) is 0 Å². The van der Waals surface area contributed by atoms with E-state index in [1.807, 2.05) is 54.6 Å². The van der Waals surface area contributed by atoms with Crippen LogP contribution in [0.25, 0.3) is 11.6 Å². The van der Waals surface area contributed by atoms with Crippen LogP contribution < -0.4 is 0 Å². The normalized spacial score (nSPS) is 10.6. The van der Waals surface area contributed by atoms with Gasteiger partial charge in [0.15, 0.2) is 0 Å². The molecule has 0 aliphatic rings. The topological polar surface area (TPSA) is 20.2 Å². The maximum Gasteiger partial charge on any atom is 0.115 e. The van der Waals surface area contributed by atoms with Crippen LogP contribution >= 0.6 is 0 Å². The molecule has 2 aromatic carbocycles. The molecule has 2 aromatic rings. The molecule has 0 spiro atoms. The molecule has 17 heavy (non-hydrogen) atoms. The van der Waals surface area contributed by atoms with Gasteiger partial charge in [0, 0.05) is 0 Å². The van der Waals surface area contributed by atoms with Crippen LogP contribution in [0, 0.1) is 0 Å². The minimum absolute atomic E-state index is 0.272. The van der Waals surface area contributed by atoms with Gasteiger partial charge in [-0.3, -0.25) is 0 Å². The standard InChI is InChI=1S/C16H14O/c1-13(15-9-11-16(17)12-10-15)7-8-14-5-3-2-4-6-14/h2-12,17H,1H2. The minimum Gasteiger partial charge on any atom is -0.508 e. The van der Waals surface area contributed by atoms with Crippen LogP contribution in [0.5, 0.6) is 5.75 Å². The second-order valence-electron chi connectivity index (χ2n) is 3.82. The molecule has 84 valence electrons. The van der Waals surface area contributed by atoms with Crippen molar-refractivity contribution in [2.75, 3.05) is 0 Å². The number of benzene rings is 2. The van der Waals surface area contributed by atoms with E-state index in [1.54, 1.807) is 12.1 Å². The molecular weight excluding hydrogens is 208 g/mol. The third kappa shape index (κ3) is 3.08. The number of rotatable bonds is 3. The molecule has 0 heterocycles. The minimum atomic E-state index is 0.272. The largest absolute Gasteiger partial charge is 0.508 e. The van der Waals surface area contributed by atoms with Gasteiger partial charge in [-0.15, -0.1) is 0 Å². The van der Waals surface area contributed by atoms with Crippen LogP contribution in [0.15, 0.2) is 67.3 Å². The van der Waals surface area contributed by atoms with Gasteiger partial charge in [-0.05, 0) is 28.8 Å². The van der Waals surface area contributed by atoms with E-state index < -0.39 is 0 Å². The molecule has 1 heteroatoms. The van der Waals surface area contributed by atoms with Gasteiger partial charge in [0.25, 0.3) is 0 Å². The first-order valence-electron chi connectivity index (χ1n) is 5.47. The van der Waals surface area contributed by atoms with E-state index in [1.165, 1.54) is 0 Å². The predicted molar refractivity (Wildman–Crippen MR) is 72.6 cm³/mol. The first kappa shape index (κ1) is 11.2. The maximum absolute atomic E-state index is 9.20. The molecule has 0 saturated carbocycles. The van der Waals surface area contributed by atoms with Crippen LogP contribution in [-0.2, 0) is 0 Å². The third-order valence-electron chi connectivity index (χ3n) is 2.51. The van der Waals surface area contributed by atoms with Crippen molar-refractivity contribution >= 4 is 11.6 Å². The first-order chi connectivity index (χ1) is 8.25. The number of hydrogen-bond donors (Lipinski definition) is 1. The Morgan fingerprint density at radius 3 is 2.24 bits per heavy atom. The van der Waals surface area contributed by atoms with Gasteiger partial charge >= 0.3 is 0 Å². The van der Waals surface area contributed by atoms with Crippen molar-refractivity contribution in [1.29, 1.82) is 0 Å². The second kappa shape index (κ2) is 5.17. The number of phenols is 1. The molecule has 0 fully saturated rings. The lowest BCUT2D eigenvalue weighted by molar-refractivity contribution is 0.475. The van der Waals surface area contributed by atoms with E-state index in [0.29, 0.717) is 0 Å². The third-order valence-corrected chi connectivity index (χ3v) is 2.51. The lowest BCUT2D eigenvalue weighted by Gasteiger charge is -2.00. The molecule has 1 N–H and O–H groups in total. The van der Waals surface area contributed by atoms with Crippen molar-refractivity contribution in [3.05, 3.63) is 78.4 Å². The first-order valence-corrected chi connectivity index (χ1v) is 5.47. The fourth-order valence-corrected chi connectivity index (χ4v) is 1.53. The Hall–Kier alpha value is -2.28. The van der Waals surface area contributed by atoms with Gasteiger partial charge in [0.1, 0.15) is 5.75 Å². The summed E-state index contributed by atoms with van der Waals surface area (Å²) in [5, 5.41) is 9.20. The summed E-state index contributed by atoms with van der Waals surface area (Å²) in [6.45, 7) is 4.00. The van der Waals surface area contributed by atoms with E-state index in [9.17, 15) is 5.11 Å². The van der Waals surface area contributed by atoms with Gasteiger partial charge in [-0.25, -0.2) is 0 Å². The highest BCUT2D eigenvalue weighted by Gasteiger charge is 1.95. The van der Waals surface area contributed by atoms with Crippen LogP contribution in [0.3, 0.4) is 0 Å². The molecule has 0 unspecified atom stereocenters. The van der Waals surface area contributed by atoms with E-state index in [-0.39, 0.29) is 5.75 Å². The zero-order chi connectivity index (χ0) is 12.1. The maximum atomic E-state index is 9.20. The zero-order valence-corrected chi connectivity index (χ0v) is 9.51. The molecule has 0 radical (unpaired) electrons. The molecule has 0 aliphatic carbocycles. The van der Waals surface area contributed by atoms with E-state index >= 15 is 0 Å². The summed E-state index contributed by atoms with van der Waals surface area (Å²) in [7, 11) is 0. The molecule has 0 atom stereocenters. The SMILES string of the molecule is C=C(C=Cc1ccccc1)c1ccc(O)cc1. The Bertz CT molecular complexity index is 521. The fraction of sp³-hybridized carbons (Fsp3) is 0. The van der Waals surface area contributed by atoms with Crippen molar-refractivity contribution in [1.82, 2.24) is 0 Å². The summed E-state index contributed by atoms with van der Waals surface area (Å²) in [5.74, 6) is 0.272. The van der Waals surface area contributed by atoms with Crippen molar-refractivity contribution in [2.24, 2.45) is 0 Å². The van der Waals surface area contributed by atoms with Crippen molar-refractivity contribution < 1.29 is 5.11 Å². The van der Waals surface area contributed by atoms with Crippen LogP contribution in [0.4, 0.5) is 0 Å². The highest BCUT2D eigenvalue weighted by molar-refractivity contribution is 5.77. The second-order valence-corrected chi connectivity index (χ2v) is 3.82. The lowest BCUT2D eigenvalue weighted by Crippen LogP contribution is -1.78. The number of allylic oxidation sites excluding steroid dienone is 2. The zero-order valence-electron chi connectivity index (χ0n) is 9.51. The Morgan fingerprint density at radius 1 is 0.941 bits per heavy atom. The molecule has 0 amide bonds. The Balaban J connectivity index is 2.12. The molecule has 0 aliphatic heterocycles. The van der Waals surface area contributed by atoms with E-state index in [2.05, 4.69) is 6.58 Å². The number of phenolic OH excluding ortho intramolecular Hbond substituents is 1. The predicted octanol–water partition coefficient (Wildman–Crippen LogP) is 4.12. The van der Waals surface area contributed by atoms with E-state index in [4.69, 9.17) is 0 Å². The van der Waals surface area contributed by atoms with Gasteiger partial charge < -0.3 is 5.11 Å². The smallest absolute Gasteiger partial charge is 0.115 e. The monoisotopic (exact) mass is 222 g/mol. The highest BCUT2D eigenvalue weighted by Crippen LogP contribution is 2.18. The average molecular weight is 222 g/mol. The summed E-state index contributed by atoms with van der Waals surface area (Å²) < 4.78 is 0. The molecule has 0 saturated heterocycles. The average Bonchev–Trinajstić information content (AvgIpc) is 2.38. The Kier molecular flexibility index (Phi) is 3.41. The Morgan fingerprint density at radius 2 is 1.59 bits per heavy atom. The summed E-state index contributed by atoms with van der Waals surface area (Å²) in [5.41, 5.74) is 3.08. The fourth-order valence-electron chi connectivity index (χ4n) is 1.53. The molecule has 2 rings (SSSR count). The summed E-state index contributed by atoms with van der Waals surface area (Å²) >= 11 is 0. The molecule has 0 bridgehead atoms. The van der Waals surface area contributed by atoms with Crippen molar-refractivity contribution in [3.63, 3.8) is 0 Å². The summed E-state index contributed by atoms with van der Waals surface area (Å²) in [6, 6.07) is 17.1. The van der Waals surface area contributed by atoms with Crippen LogP contribution in [0.1, 0.15) is 11.1 Å². The number of hydrogen-bond acceptors (Lipinski definition) is 1. The summed E-state index contributed by atoms with van der Waals surface area (Å²) in [6.07, 6.45) is 4.00. The highest BCUT2D eigenvalue weighted by atomic mass is 16.3. The molecular formula is C16H14O. The molecule has 0 aromatic heterocycles. The van der Waals surface area contributed by atoms with Crippen LogP contribution in [0.2, 0.25) is 0 Å². The van der Waals surface area contributed by atoms with Gasteiger partial charge in [-0.2, -0.15) is 0 Å². The Labute approximate surface area is 101 Å². The molecule has 1 nitrogen and oxygen atoms in total. The van der Waals surface area contributed by atoms with Gasteiger partial charge in [-0.1, -0.05) is 61.2 Å². The van der Waals surface area contributed by atoms with Crippen molar-refractivity contribution in [3.8, 4) is 5.75 Å². The summed E-state index contributed by atoms with van der Waals surface area (Å²) in [4.78, 5) is 0. The quantitative estimate of drug-likeness (QED) is 0.774. The van der Waals surface area contributed by atoms with Gasteiger partial charge in [0.2, 0.25) is 0 Å². The lowest BCUT2D eigenvalue weighted by atomic mass is 10.1. The number of aromatic hydroxyl groups is 1. The van der Waals surface area contributed by atoms with E-state index in [0.717, 1.165) is 16.7 Å². The van der Waals surface area contributed by atoms with Crippen LogP contribution in [-0.4, -0.2) is 5.11 Å².